The number of hydrogen-bond acceptors (Lipinski definition) is 6. The number of rotatable bonds is 3. The summed E-state index contributed by atoms with van der Waals surface area (Å²) in [5, 5.41) is 0.755. The van der Waals surface area contributed by atoms with E-state index >= 15 is 0 Å². The van der Waals surface area contributed by atoms with E-state index < -0.39 is 5.97 Å². The Morgan fingerprint density at radius 1 is 1.40 bits per heavy atom. The number of nitrogen functional groups attached to an aromatic ring is 1. The largest absolute Gasteiger partial charge is 0.465 e. The Morgan fingerprint density at radius 3 is 2.50 bits per heavy atom. The number of ether oxygens (including phenoxy) is 1. The molecule has 1 aliphatic heterocycles. The van der Waals surface area contributed by atoms with Crippen molar-refractivity contribution >= 4 is 33.8 Å². The average Bonchev–Trinajstić information content (AvgIpc) is 2.88. The molecule has 0 spiro atoms. The average molecular weight is 296 g/mol. The summed E-state index contributed by atoms with van der Waals surface area (Å²) < 4.78 is 4.81. The van der Waals surface area contributed by atoms with Gasteiger partial charge in [-0.15, -0.1) is 11.3 Å². The Hall–Kier alpha value is -1.56. The summed E-state index contributed by atoms with van der Waals surface area (Å²) in [7, 11) is 1.32. The van der Waals surface area contributed by atoms with E-state index in [-0.39, 0.29) is 16.9 Å². The van der Waals surface area contributed by atoms with Gasteiger partial charge in [0.25, 0.3) is 0 Å². The second kappa shape index (κ2) is 5.09. The first-order valence-corrected chi connectivity index (χ1v) is 7.35. The minimum Gasteiger partial charge on any atom is -0.465 e. The quantitative estimate of drug-likeness (QED) is 0.685. The highest BCUT2D eigenvalue weighted by molar-refractivity contribution is 7.19. The van der Waals surface area contributed by atoms with Gasteiger partial charge in [0.1, 0.15) is 10.6 Å². The molecule has 0 bridgehead atoms. The maximum absolute atomic E-state index is 12.0. The van der Waals surface area contributed by atoms with E-state index in [0.29, 0.717) is 10.4 Å². The fourth-order valence-electron chi connectivity index (χ4n) is 2.50. The highest BCUT2D eigenvalue weighted by Crippen LogP contribution is 2.43. The van der Waals surface area contributed by atoms with Gasteiger partial charge in [0.05, 0.1) is 17.7 Å². The van der Waals surface area contributed by atoms with Crippen molar-refractivity contribution in [3.8, 4) is 0 Å². The van der Waals surface area contributed by atoms with Crippen LogP contribution in [0.3, 0.4) is 0 Å². The molecule has 2 N–H and O–H groups in total. The van der Waals surface area contributed by atoms with Crippen molar-refractivity contribution in [2.45, 2.75) is 27.2 Å². The first-order valence-electron chi connectivity index (χ1n) is 6.53. The van der Waals surface area contributed by atoms with Crippen LogP contribution < -0.4 is 10.6 Å². The first-order chi connectivity index (χ1) is 9.26. The predicted molar refractivity (Wildman–Crippen MR) is 80.7 cm³/mol. The number of methoxy groups -OCH3 is 1. The zero-order valence-electron chi connectivity index (χ0n) is 12.3. The third-order valence-corrected chi connectivity index (χ3v) is 4.97. The molecule has 0 atom stereocenters. The smallest absolute Gasteiger partial charge is 0.343 e. The predicted octanol–water partition coefficient (Wildman–Crippen LogP) is 2.56. The molecule has 110 valence electrons. The minimum atomic E-state index is -0.481. The molecule has 0 amide bonds. The van der Waals surface area contributed by atoms with Crippen LogP contribution in [0.1, 0.15) is 47.2 Å². The van der Waals surface area contributed by atoms with Gasteiger partial charge in [-0.05, 0) is 11.8 Å². The van der Waals surface area contributed by atoms with Crippen LogP contribution in [0.15, 0.2) is 0 Å². The molecule has 1 saturated heterocycles. The third-order valence-electron chi connectivity index (χ3n) is 3.60. The number of anilines is 2. The summed E-state index contributed by atoms with van der Waals surface area (Å²) >= 11 is 1.29. The maximum Gasteiger partial charge on any atom is 0.343 e. The van der Waals surface area contributed by atoms with Crippen LogP contribution in [0, 0.1) is 5.41 Å². The van der Waals surface area contributed by atoms with Crippen LogP contribution in [0.2, 0.25) is 0 Å². The first kappa shape index (κ1) is 14.8. The number of Topliss-reactive ketones (excluding diaryl/α,β-unsaturated/α-hetero) is 1. The molecule has 2 heterocycles. The number of carbonyl (C=O) groups is 2. The van der Waals surface area contributed by atoms with Gasteiger partial charge in [0.2, 0.25) is 0 Å². The zero-order chi connectivity index (χ0) is 15.1. The fraction of sp³-hybridized carbons (Fsp3) is 0.571. The molecule has 1 aromatic rings. The van der Waals surface area contributed by atoms with Gasteiger partial charge < -0.3 is 15.4 Å². The van der Waals surface area contributed by atoms with Gasteiger partial charge in [-0.1, -0.05) is 13.8 Å². The highest BCUT2D eigenvalue weighted by Gasteiger charge is 2.34. The summed E-state index contributed by atoms with van der Waals surface area (Å²) in [5.74, 6) is -0.603. The molecule has 20 heavy (non-hydrogen) atoms. The molecule has 0 unspecified atom stereocenters. The van der Waals surface area contributed by atoms with Crippen LogP contribution >= 0.6 is 11.3 Å². The van der Waals surface area contributed by atoms with Gasteiger partial charge in [-0.2, -0.15) is 0 Å². The molecular formula is C14H20N2O3S. The van der Waals surface area contributed by atoms with Gasteiger partial charge >= 0.3 is 5.97 Å². The molecule has 1 fully saturated rings. The normalized spacial score (nSPS) is 17.3. The molecule has 1 aliphatic rings. The van der Waals surface area contributed by atoms with Crippen molar-refractivity contribution in [2.24, 2.45) is 5.41 Å². The second-order valence-electron chi connectivity index (χ2n) is 5.91. The monoisotopic (exact) mass is 296 g/mol. The number of ketones is 1. The molecule has 1 aromatic heterocycles. The summed E-state index contributed by atoms with van der Waals surface area (Å²) in [6.07, 6.45) is 1.04. The van der Waals surface area contributed by atoms with Gasteiger partial charge in [0, 0.05) is 20.0 Å². The number of esters is 1. The fourth-order valence-corrected chi connectivity index (χ4v) is 3.63. The van der Waals surface area contributed by atoms with Crippen LogP contribution in [0.25, 0.3) is 0 Å². The van der Waals surface area contributed by atoms with Crippen LogP contribution in [0.5, 0.6) is 0 Å². The highest BCUT2D eigenvalue weighted by atomic mass is 32.1. The van der Waals surface area contributed by atoms with Gasteiger partial charge in [0.15, 0.2) is 5.78 Å². The Balaban J connectivity index is 2.49. The minimum absolute atomic E-state index is 0.123. The molecule has 5 nitrogen and oxygen atoms in total. The van der Waals surface area contributed by atoms with E-state index in [2.05, 4.69) is 18.7 Å². The molecule has 2 rings (SSSR count). The lowest BCUT2D eigenvalue weighted by Crippen LogP contribution is -2.23. The Labute approximate surface area is 122 Å². The van der Waals surface area contributed by atoms with E-state index in [1.807, 2.05) is 0 Å². The van der Waals surface area contributed by atoms with Crippen LogP contribution in [-0.4, -0.2) is 32.0 Å². The molecule has 0 saturated carbocycles. The van der Waals surface area contributed by atoms with Crippen LogP contribution in [-0.2, 0) is 4.74 Å². The van der Waals surface area contributed by atoms with E-state index in [9.17, 15) is 9.59 Å². The van der Waals surface area contributed by atoms with Crippen LogP contribution in [0.4, 0.5) is 10.7 Å². The summed E-state index contributed by atoms with van der Waals surface area (Å²) in [6, 6.07) is 0. The Bertz CT molecular complexity index is 563. The van der Waals surface area contributed by atoms with Crippen molar-refractivity contribution < 1.29 is 14.3 Å². The number of nitrogens with two attached hydrogens (primary N) is 1. The maximum atomic E-state index is 12.0. The molecule has 0 aliphatic carbocycles. The Kier molecular flexibility index (Phi) is 3.77. The van der Waals surface area contributed by atoms with Crippen molar-refractivity contribution in [1.82, 2.24) is 0 Å². The van der Waals surface area contributed by atoms with Gasteiger partial charge in [-0.25, -0.2) is 4.79 Å². The van der Waals surface area contributed by atoms with Crippen molar-refractivity contribution in [2.75, 3.05) is 30.8 Å². The SMILES string of the molecule is COC(=O)c1c(N2CCC(C)(C)C2)sc(C(C)=O)c1N. The Morgan fingerprint density at radius 2 is 2.05 bits per heavy atom. The van der Waals surface area contributed by atoms with Crippen molar-refractivity contribution in [3.63, 3.8) is 0 Å². The lowest BCUT2D eigenvalue weighted by atomic mass is 9.93. The molecule has 6 heteroatoms. The number of thiophene rings is 1. The van der Waals surface area contributed by atoms with E-state index in [1.165, 1.54) is 25.4 Å². The van der Waals surface area contributed by atoms with E-state index in [4.69, 9.17) is 10.5 Å². The van der Waals surface area contributed by atoms with Gasteiger partial charge in [-0.3, -0.25) is 4.79 Å². The summed E-state index contributed by atoms with van der Waals surface area (Å²) in [5.41, 5.74) is 6.75. The van der Waals surface area contributed by atoms with Crippen molar-refractivity contribution in [3.05, 3.63) is 10.4 Å². The van der Waals surface area contributed by atoms with E-state index in [0.717, 1.165) is 24.5 Å². The van der Waals surface area contributed by atoms with E-state index in [1.54, 1.807) is 0 Å². The zero-order valence-corrected chi connectivity index (χ0v) is 13.1. The number of hydrogen-bond donors (Lipinski definition) is 1. The lowest BCUT2D eigenvalue weighted by molar-refractivity contribution is 0.0603. The number of nitrogens with zero attached hydrogens (tertiary/aromatic N) is 1. The summed E-state index contributed by atoms with van der Waals surface area (Å²) in [6.45, 7) is 7.53. The third kappa shape index (κ3) is 2.52. The summed E-state index contributed by atoms with van der Waals surface area (Å²) in [4.78, 5) is 26.2. The van der Waals surface area contributed by atoms with Crippen molar-refractivity contribution in [1.29, 1.82) is 0 Å². The molecule has 0 aromatic carbocycles. The molecule has 0 radical (unpaired) electrons. The molecular weight excluding hydrogens is 276 g/mol. The topological polar surface area (TPSA) is 72.6 Å². The standard InChI is InChI=1S/C14H20N2O3S/c1-8(17)11-10(15)9(13(18)19-4)12(20-11)16-6-5-14(2,3)7-16/h5-7,15H2,1-4H3. The lowest BCUT2D eigenvalue weighted by Gasteiger charge is -2.21. The number of carbonyl (C=O) groups excluding carboxylic acids is 2. The second-order valence-corrected chi connectivity index (χ2v) is 6.91.